The number of nitrogens with two attached hydrogens (primary N) is 1. The normalized spacial score (nSPS) is 11.7. The van der Waals surface area contributed by atoms with Gasteiger partial charge in [0, 0.05) is 18.4 Å². The van der Waals surface area contributed by atoms with Crippen molar-refractivity contribution in [3.05, 3.63) is 53.2 Å². The highest BCUT2D eigenvalue weighted by atomic mass is 127. The van der Waals surface area contributed by atoms with Crippen LogP contribution in [0.25, 0.3) is 0 Å². The number of benzene rings is 1. The van der Waals surface area contributed by atoms with Crippen molar-refractivity contribution in [2.75, 3.05) is 23.7 Å². The summed E-state index contributed by atoms with van der Waals surface area (Å²) in [5.74, 6) is -0.0186. The molecule has 0 saturated carbocycles. The summed E-state index contributed by atoms with van der Waals surface area (Å²) in [5, 5.41) is 5.60. The van der Waals surface area contributed by atoms with Crippen LogP contribution in [0.2, 0.25) is 0 Å². The number of hydrogen-bond donors (Lipinski definition) is 3. The average Bonchev–Trinajstić information content (AvgIpc) is 2.50. The Morgan fingerprint density at radius 2 is 1.85 bits per heavy atom. The molecule has 0 aliphatic rings. The van der Waals surface area contributed by atoms with Crippen molar-refractivity contribution >= 4 is 41.4 Å². The average molecular weight is 479 g/mol. The number of aryl methyl sites for hydroxylation is 2. The van der Waals surface area contributed by atoms with E-state index < -0.39 is 11.7 Å². The Hall–Kier alpha value is -2.04. The maximum atomic E-state index is 12.9. The van der Waals surface area contributed by atoms with E-state index in [0.717, 1.165) is 22.9 Å². The van der Waals surface area contributed by atoms with Crippen LogP contribution >= 0.6 is 24.0 Å². The van der Waals surface area contributed by atoms with E-state index in [2.05, 4.69) is 20.6 Å². The molecule has 0 atom stereocenters. The van der Waals surface area contributed by atoms with Crippen molar-refractivity contribution < 1.29 is 13.2 Å². The van der Waals surface area contributed by atoms with Gasteiger partial charge in [-0.15, -0.1) is 24.0 Å². The number of pyridine rings is 1. The molecule has 0 spiro atoms. The number of aliphatic imine (C=N–C) groups is 1. The number of hydrogen-bond acceptors (Lipinski definition) is 3. The zero-order valence-corrected chi connectivity index (χ0v) is 16.7. The molecular formula is C17H21F3IN5. The van der Waals surface area contributed by atoms with Crippen LogP contribution < -0.4 is 16.4 Å². The van der Waals surface area contributed by atoms with Gasteiger partial charge in [-0.1, -0.05) is 6.07 Å². The van der Waals surface area contributed by atoms with Crippen molar-refractivity contribution in [2.45, 2.75) is 20.0 Å². The second kappa shape index (κ2) is 9.60. The van der Waals surface area contributed by atoms with Gasteiger partial charge in [-0.25, -0.2) is 4.98 Å². The fourth-order valence-corrected chi connectivity index (χ4v) is 2.36. The van der Waals surface area contributed by atoms with Crippen LogP contribution in [0, 0.1) is 13.8 Å². The van der Waals surface area contributed by atoms with E-state index in [-0.39, 0.29) is 48.8 Å². The molecular weight excluding hydrogens is 458 g/mol. The van der Waals surface area contributed by atoms with Crippen molar-refractivity contribution in [3.63, 3.8) is 0 Å². The summed E-state index contributed by atoms with van der Waals surface area (Å²) in [7, 11) is 0. The van der Waals surface area contributed by atoms with E-state index in [4.69, 9.17) is 5.73 Å². The van der Waals surface area contributed by atoms with Crippen molar-refractivity contribution in [2.24, 2.45) is 10.7 Å². The maximum absolute atomic E-state index is 12.9. The Labute approximate surface area is 167 Å². The smallest absolute Gasteiger partial charge is 0.370 e. The summed E-state index contributed by atoms with van der Waals surface area (Å²) in [6.07, 6.45) is -3.15. The molecule has 0 bridgehead atoms. The molecule has 142 valence electrons. The number of halogens is 4. The monoisotopic (exact) mass is 479 g/mol. The molecule has 2 rings (SSSR count). The molecule has 0 aliphatic heterocycles. The van der Waals surface area contributed by atoms with Crippen LogP contribution in [0.4, 0.5) is 24.7 Å². The molecule has 0 saturated heterocycles. The van der Waals surface area contributed by atoms with Crippen molar-refractivity contribution in [1.29, 1.82) is 0 Å². The standard InChI is InChI=1S/C17H20F3N5.HI/c1-11-8-12(2)10-13(9-11)25-16(21)24-7-6-23-15-14(17(18,19)20)4-3-5-22-15;/h3-5,8-10H,6-7H2,1-2H3,(H,22,23)(H3,21,24,25);1H. The number of guanidine groups is 1. The fourth-order valence-electron chi connectivity index (χ4n) is 2.36. The van der Waals surface area contributed by atoms with Gasteiger partial charge >= 0.3 is 6.18 Å². The number of nitrogens with one attached hydrogen (secondary N) is 2. The quantitative estimate of drug-likeness (QED) is 0.261. The summed E-state index contributed by atoms with van der Waals surface area (Å²) in [4.78, 5) is 7.82. The predicted octanol–water partition coefficient (Wildman–Crippen LogP) is 4.17. The zero-order chi connectivity index (χ0) is 18.4. The lowest BCUT2D eigenvalue weighted by molar-refractivity contribution is -0.137. The van der Waals surface area contributed by atoms with E-state index in [0.29, 0.717) is 0 Å². The van der Waals surface area contributed by atoms with E-state index in [1.807, 2.05) is 32.0 Å². The van der Waals surface area contributed by atoms with E-state index in [9.17, 15) is 13.2 Å². The van der Waals surface area contributed by atoms with Crippen LogP contribution in [0.3, 0.4) is 0 Å². The fraction of sp³-hybridized carbons (Fsp3) is 0.294. The Bertz CT molecular complexity index is 742. The summed E-state index contributed by atoms with van der Waals surface area (Å²) in [5.41, 5.74) is 7.99. The molecule has 1 aromatic carbocycles. The van der Waals surface area contributed by atoms with Crippen LogP contribution in [0.5, 0.6) is 0 Å². The van der Waals surface area contributed by atoms with Gasteiger partial charge in [-0.05, 0) is 49.2 Å². The topological polar surface area (TPSA) is 75.3 Å². The Morgan fingerprint density at radius 3 is 2.46 bits per heavy atom. The van der Waals surface area contributed by atoms with Crippen LogP contribution in [-0.4, -0.2) is 24.0 Å². The van der Waals surface area contributed by atoms with Gasteiger partial charge in [-0.3, -0.25) is 4.99 Å². The molecule has 0 amide bonds. The highest BCUT2D eigenvalue weighted by molar-refractivity contribution is 14.0. The maximum Gasteiger partial charge on any atom is 0.419 e. The number of alkyl halides is 3. The van der Waals surface area contributed by atoms with E-state index >= 15 is 0 Å². The van der Waals surface area contributed by atoms with Crippen LogP contribution in [-0.2, 0) is 6.18 Å². The third kappa shape index (κ3) is 6.70. The van der Waals surface area contributed by atoms with Crippen molar-refractivity contribution in [3.8, 4) is 0 Å². The zero-order valence-electron chi connectivity index (χ0n) is 14.4. The molecule has 4 N–H and O–H groups in total. The number of aromatic nitrogens is 1. The lowest BCUT2D eigenvalue weighted by Crippen LogP contribution is -2.24. The van der Waals surface area contributed by atoms with Gasteiger partial charge in [0.05, 0.1) is 12.1 Å². The molecule has 5 nitrogen and oxygen atoms in total. The third-order valence-electron chi connectivity index (χ3n) is 3.29. The van der Waals surface area contributed by atoms with Gasteiger partial charge < -0.3 is 16.4 Å². The van der Waals surface area contributed by atoms with Gasteiger partial charge in [0.25, 0.3) is 0 Å². The SMILES string of the molecule is Cc1cc(C)cc(NC(N)=NCCNc2ncccc2C(F)(F)F)c1.I. The van der Waals surface area contributed by atoms with E-state index in [1.165, 1.54) is 12.3 Å². The molecule has 26 heavy (non-hydrogen) atoms. The minimum Gasteiger partial charge on any atom is -0.370 e. The lowest BCUT2D eigenvalue weighted by Gasteiger charge is -2.12. The third-order valence-corrected chi connectivity index (χ3v) is 3.29. The minimum atomic E-state index is -4.45. The largest absolute Gasteiger partial charge is 0.419 e. The van der Waals surface area contributed by atoms with Gasteiger partial charge in [0.1, 0.15) is 5.82 Å². The van der Waals surface area contributed by atoms with Gasteiger partial charge in [-0.2, -0.15) is 13.2 Å². The van der Waals surface area contributed by atoms with Gasteiger partial charge in [0.2, 0.25) is 0 Å². The first-order chi connectivity index (χ1) is 11.8. The highest BCUT2D eigenvalue weighted by Crippen LogP contribution is 2.33. The number of nitrogens with zero attached hydrogens (tertiary/aromatic N) is 2. The van der Waals surface area contributed by atoms with Crippen LogP contribution in [0.1, 0.15) is 16.7 Å². The van der Waals surface area contributed by atoms with Crippen molar-refractivity contribution in [1.82, 2.24) is 4.98 Å². The molecule has 1 aromatic heterocycles. The highest BCUT2D eigenvalue weighted by Gasteiger charge is 2.33. The molecule has 1 heterocycles. The van der Waals surface area contributed by atoms with E-state index in [1.54, 1.807) is 0 Å². The first kappa shape index (κ1) is 22.0. The summed E-state index contributed by atoms with van der Waals surface area (Å²) >= 11 is 0. The molecule has 0 fully saturated rings. The predicted molar refractivity (Wildman–Crippen MR) is 109 cm³/mol. The molecule has 0 radical (unpaired) electrons. The van der Waals surface area contributed by atoms with Gasteiger partial charge in [0.15, 0.2) is 5.96 Å². The summed E-state index contributed by atoms with van der Waals surface area (Å²) < 4.78 is 38.6. The lowest BCUT2D eigenvalue weighted by atomic mass is 10.1. The van der Waals surface area contributed by atoms with Crippen LogP contribution in [0.15, 0.2) is 41.5 Å². The minimum absolute atomic E-state index is 0. The summed E-state index contributed by atoms with van der Waals surface area (Å²) in [6.45, 7) is 4.33. The number of rotatable bonds is 5. The Balaban J connectivity index is 0.00000338. The molecule has 2 aromatic rings. The summed E-state index contributed by atoms with van der Waals surface area (Å²) in [6, 6.07) is 8.12. The first-order valence-corrected chi connectivity index (χ1v) is 7.67. The number of anilines is 2. The second-order valence-electron chi connectivity index (χ2n) is 5.59. The molecule has 0 aliphatic carbocycles. The Kier molecular flexibility index (Phi) is 8.12. The first-order valence-electron chi connectivity index (χ1n) is 7.67. The molecule has 0 unspecified atom stereocenters. The Morgan fingerprint density at radius 1 is 1.19 bits per heavy atom. The molecule has 9 heteroatoms. The second-order valence-corrected chi connectivity index (χ2v) is 5.59.